The number of nitrogens with zero attached hydrogens (tertiary/aromatic N) is 2. The van der Waals surface area contributed by atoms with Crippen molar-refractivity contribution in [1.82, 2.24) is 9.97 Å². The highest BCUT2D eigenvalue weighted by atomic mass is 16.6. The summed E-state index contributed by atoms with van der Waals surface area (Å²) in [4.78, 5) is 8.51. The average molecular weight is 498 g/mol. The van der Waals surface area contributed by atoms with Crippen molar-refractivity contribution >= 4 is 0 Å². The minimum absolute atomic E-state index is 0.00437. The van der Waals surface area contributed by atoms with Crippen molar-refractivity contribution in [2.45, 2.75) is 12.3 Å². The van der Waals surface area contributed by atoms with Gasteiger partial charge in [-0.2, -0.15) is 0 Å². The SMILES string of the molecule is NC1O[C@H]1c1ccc(-c2cc(-c3ccc(-c4ncco4)cc3)cc(-c3ccc(-c4ncco4)cc3)c2)cc1. The molecule has 1 saturated heterocycles. The van der Waals surface area contributed by atoms with E-state index in [2.05, 4.69) is 76.7 Å². The maximum Gasteiger partial charge on any atom is 0.225 e. The van der Waals surface area contributed by atoms with E-state index in [-0.39, 0.29) is 12.3 Å². The van der Waals surface area contributed by atoms with Gasteiger partial charge in [0.1, 0.15) is 24.9 Å². The van der Waals surface area contributed by atoms with Gasteiger partial charge in [-0.15, -0.1) is 0 Å². The molecule has 7 rings (SSSR count). The molecule has 1 fully saturated rings. The number of rotatable bonds is 6. The summed E-state index contributed by atoms with van der Waals surface area (Å²) >= 11 is 0. The van der Waals surface area contributed by atoms with Gasteiger partial charge in [0.25, 0.3) is 0 Å². The van der Waals surface area contributed by atoms with Gasteiger partial charge in [-0.1, -0.05) is 48.5 Å². The van der Waals surface area contributed by atoms with Gasteiger partial charge in [0.05, 0.1) is 12.4 Å². The first-order valence-corrected chi connectivity index (χ1v) is 12.4. The highest BCUT2D eigenvalue weighted by molar-refractivity contribution is 5.82. The quantitative estimate of drug-likeness (QED) is 0.242. The molecule has 2 N–H and O–H groups in total. The lowest BCUT2D eigenvalue weighted by molar-refractivity contribution is 0.377. The number of benzene rings is 4. The van der Waals surface area contributed by atoms with Crippen molar-refractivity contribution < 1.29 is 13.6 Å². The van der Waals surface area contributed by atoms with Crippen molar-refractivity contribution in [2.24, 2.45) is 5.73 Å². The zero-order valence-electron chi connectivity index (χ0n) is 20.3. The minimum Gasteiger partial charge on any atom is -0.445 e. The van der Waals surface area contributed by atoms with E-state index in [0.29, 0.717) is 11.8 Å². The summed E-state index contributed by atoms with van der Waals surface area (Å²) in [5, 5.41) is 0. The zero-order valence-corrected chi connectivity index (χ0v) is 20.3. The highest BCUT2D eigenvalue weighted by Gasteiger charge is 2.36. The largest absolute Gasteiger partial charge is 0.445 e. The molecule has 4 aromatic carbocycles. The van der Waals surface area contributed by atoms with E-state index in [1.807, 2.05) is 24.3 Å². The maximum absolute atomic E-state index is 5.86. The third-order valence-corrected chi connectivity index (χ3v) is 6.83. The van der Waals surface area contributed by atoms with Crippen LogP contribution in [-0.4, -0.2) is 16.2 Å². The van der Waals surface area contributed by atoms with Crippen molar-refractivity contribution in [3.8, 4) is 56.3 Å². The van der Waals surface area contributed by atoms with E-state index in [1.165, 1.54) is 0 Å². The molecular weight excluding hydrogens is 474 g/mol. The summed E-state index contributed by atoms with van der Waals surface area (Å²) < 4.78 is 16.3. The van der Waals surface area contributed by atoms with Gasteiger partial charge in [0.2, 0.25) is 11.8 Å². The van der Waals surface area contributed by atoms with E-state index in [1.54, 1.807) is 24.9 Å². The third-order valence-electron chi connectivity index (χ3n) is 6.83. The molecular formula is C32H23N3O3. The summed E-state index contributed by atoms with van der Waals surface area (Å²) in [5.41, 5.74) is 15.5. The summed E-state index contributed by atoms with van der Waals surface area (Å²) in [6.45, 7) is 0. The van der Waals surface area contributed by atoms with Gasteiger partial charge in [-0.3, -0.25) is 0 Å². The predicted octanol–water partition coefficient (Wildman–Crippen LogP) is 7.35. The Labute approximate surface area is 219 Å². The Morgan fingerprint density at radius 2 is 0.868 bits per heavy atom. The van der Waals surface area contributed by atoms with E-state index in [9.17, 15) is 0 Å². The van der Waals surface area contributed by atoms with Gasteiger partial charge in [-0.25, -0.2) is 9.97 Å². The molecule has 1 aliphatic heterocycles. The van der Waals surface area contributed by atoms with E-state index >= 15 is 0 Å². The molecule has 1 unspecified atom stereocenters. The number of hydrogen-bond acceptors (Lipinski definition) is 6. The van der Waals surface area contributed by atoms with Crippen molar-refractivity contribution in [3.05, 3.63) is 121 Å². The first kappa shape index (κ1) is 22.4. The molecule has 0 amide bonds. The standard InChI is InChI=1S/C32H23N3O3/c33-30-29(38-30)23-7-1-20(2-8-23)26-17-27(21-3-9-24(10-4-21)31-34-13-15-36-31)19-28(18-26)22-5-11-25(12-6-22)32-35-14-16-37-32/h1-19,29-30H,33H2/t29-,30?/m0/s1. The topological polar surface area (TPSA) is 90.6 Å². The van der Waals surface area contributed by atoms with Gasteiger partial charge in [-0.05, 0) is 81.4 Å². The second-order valence-corrected chi connectivity index (χ2v) is 9.27. The van der Waals surface area contributed by atoms with Crippen LogP contribution in [0.1, 0.15) is 11.7 Å². The highest BCUT2D eigenvalue weighted by Crippen LogP contribution is 2.38. The fourth-order valence-corrected chi connectivity index (χ4v) is 4.73. The molecule has 1 aliphatic rings. The molecule has 0 saturated carbocycles. The summed E-state index contributed by atoms with van der Waals surface area (Å²) in [5.74, 6) is 1.22. The van der Waals surface area contributed by atoms with Crippen LogP contribution >= 0.6 is 0 Å². The number of nitrogens with two attached hydrogens (primary N) is 1. The fourth-order valence-electron chi connectivity index (χ4n) is 4.73. The normalized spacial score (nSPS) is 16.4. The molecule has 6 heteroatoms. The molecule has 38 heavy (non-hydrogen) atoms. The average Bonchev–Trinajstić information content (AvgIpc) is 3.38. The Balaban J connectivity index is 1.28. The predicted molar refractivity (Wildman–Crippen MR) is 146 cm³/mol. The Bertz CT molecular complexity index is 1580. The molecule has 6 aromatic rings. The molecule has 184 valence electrons. The maximum atomic E-state index is 5.86. The van der Waals surface area contributed by atoms with Gasteiger partial charge in [0.15, 0.2) is 0 Å². The number of aromatic nitrogens is 2. The van der Waals surface area contributed by atoms with Gasteiger partial charge < -0.3 is 19.3 Å². The molecule has 2 aromatic heterocycles. The Hall–Kier alpha value is -4.78. The van der Waals surface area contributed by atoms with Crippen molar-refractivity contribution in [1.29, 1.82) is 0 Å². The fraction of sp³-hybridized carbons (Fsp3) is 0.0625. The van der Waals surface area contributed by atoms with Crippen LogP contribution in [0.15, 0.2) is 125 Å². The minimum atomic E-state index is -0.200. The smallest absolute Gasteiger partial charge is 0.225 e. The first-order valence-electron chi connectivity index (χ1n) is 12.4. The van der Waals surface area contributed by atoms with Crippen LogP contribution in [0.2, 0.25) is 0 Å². The number of ether oxygens (including phenoxy) is 1. The van der Waals surface area contributed by atoms with Crippen LogP contribution in [0, 0.1) is 0 Å². The van der Waals surface area contributed by atoms with Crippen molar-refractivity contribution in [2.75, 3.05) is 0 Å². The van der Waals surface area contributed by atoms with Crippen LogP contribution in [0.4, 0.5) is 0 Å². The third kappa shape index (κ3) is 4.32. The van der Waals surface area contributed by atoms with Crippen LogP contribution in [0.3, 0.4) is 0 Å². The van der Waals surface area contributed by atoms with Crippen LogP contribution in [0.25, 0.3) is 56.3 Å². The van der Waals surface area contributed by atoms with E-state index < -0.39 is 0 Å². The second kappa shape index (κ2) is 9.27. The van der Waals surface area contributed by atoms with Crippen LogP contribution < -0.4 is 5.73 Å². The molecule has 6 nitrogen and oxygen atoms in total. The zero-order chi connectivity index (χ0) is 25.5. The lowest BCUT2D eigenvalue weighted by Gasteiger charge is -2.12. The second-order valence-electron chi connectivity index (χ2n) is 9.27. The molecule has 3 heterocycles. The lowest BCUT2D eigenvalue weighted by atomic mass is 9.92. The van der Waals surface area contributed by atoms with Crippen LogP contribution in [-0.2, 0) is 4.74 Å². The molecule has 0 spiro atoms. The molecule has 0 bridgehead atoms. The lowest BCUT2D eigenvalue weighted by Crippen LogP contribution is -2.01. The van der Waals surface area contributed by atoms with Gasteiger partial charge in [0, 0.05) is 11.1 Å². The summed E-state index contributed by atoms with van der Waals surface area (Å²) in [6.07, 6.45) is 6.27. The molecule has 0 aliphatic carbocycles. The Kier molecular flexibility index (Phi) is 5.47. The first-order chi connectivity index (χ1) is 18.7. The summed E-state index contributed by atoms with van der Waals surface area (Å²) in [6, 6.07) is 31.6. The number of hydrogen-bond donors (Lipinski definition) is 1. The van der Waals surface area contributed by atoms with E-state index in [0.717, 1.165) is 50.1 Å². The Morgan fingerprint density at radius 3 is 1.21 bits per heavy atom. The number of oxazole rings is 2. The monoisotopic (exact) mass is 497 g/mol. The van der Waals surface area contributed by atoms with Gasteiger partial charge >= 0.3 is 0 Å². The Morgan fingerprint density at radius 1 is 0.500 bits per heavy atom. The van der Waals surface area contributed by atoms with Crippen LogP contribution in [0.5, 0.6) is 0 Å². The van der Waals surface area contributed by atoms with E-state index in [4.69, 9.17) is 19.3 Å². The number of epoxide rings is 1. The van der Waals surface area contributed by atoms with Crippen molar-refractivity contribution in [3.63, 3.8) is 0 Å². The summed E-state index contributed by atoms with van der Waals surface area (Å²) in [7, 11) is 0. The molecule has 0 radical (unpaired) electrons. The molecule has 2 atom stereocenters.